The lowest BCUT2D eigenvalue weighted by Gasteiger charge is -2.12. The van der Waals surface area contributed by atoms with Crippen LogP contribution < -0.4 is 10.5 Å². The summed E-state index contributed by atoms with van der Waals surface area (Å²) in [5.41, 5.74) is 6.20. The second kappa shape index (κ2) is 5.56. The van der Waals surface area contributed by atoms with E-state index in [1.165, 1.54) is 6.07 Å². The largest absolute Gasteiger partial charge is 0.326 e. The van der Waals surface area contributed by atoms with Gasteiger partial charge in [-0.3, -0.25) is 4.72 Å². The highest BCUT2D eigenvalue weighted by molar-refractivity contribution is 7.92. The van der Waals surface area contributed by atoms with Gasteiger partial charge in [0.2, 0.25) is 0 Å². The van der Waals surface area contributed by atoms with Crippen LogP contribution in [-0.4, -0.2) is 8.42 Å². The molecule has 0 aromatic heterocycles. The van der Waals surface area contributed by atoms with Crippen molar-refractivity contribution < 1.29 is 17.2 Å². The third kappa shape index (κ3) is 2.78. The monoisotopic (exact) mass is 298 g/mol. The van der Waals surface area contributed by atoms with Crippen LogP contribution in [0.5, 0.6) is 0 Å². The molecule has 0 amide bonds. The van der Waals surface area contributed by atoms with E-state index in [0.29, 0.717) is 5.56 Å². The standard InChI is InChI=1S/C13H12F2N2O2S/c14-10-5-3-6-11(15)13(10)20(18,19)17-12-7-2-1-4-9(12)8-16/h1-7,17H,8,16H2. The first-order valence-corrected chi connectivity index (χ1v) is 7.19. The van der Waals surface area contributed by atoms with Gasteiger partial charge in [0.05, 0.1) is 5.69 Å². The van der Waals surface area contributed by atoms with Crippen molar-refractivity contribution in [2.45, 2.75) is 11.4 Å². The predicted molar refractivity (Wildman–Crippen MR) is 71.5 cm³/mol. The van der Waals surface area contributed by atoms with Crippen LogP contribution in [0.4, 0.5) is 14.5 Å². The lowest BCUT2D eigenvalue weighted by Crippen LogP contribution is -2.18. The Morgan fingerprint density at radius 1 is 1.00 bits per heavy atom. The van der Waals surface area contributed by atoms with Gasteiger partial charge in [-0.25, -0.2) is 17.2 Å². The predicted octanol–water partition coefficient (Wildman–Crippen LogP) is 2.22. The number of anilines is 1. The zero-order chi connectivity index (χ0) is 14.8. The maximum atomic E-state index is 13.5. The Morgan fingerprint density at radius 3 is 2.20 bits per heavy atom. The molecule has 0 spiro atoms. The molecule has 2 rings (SSSR count). The second-order valence-corrected chi connectivity index (χ2v) is 5.64. The summed E-state index contributed by atoms with van der Waals surface area (Å²) in [7, 11) is -4.36. The van der Waals surface area contributed by atoms with E-state index in [2.05, 4.69) is 4.72 Å². The molecule has 0 bridgehead atoms. The summed E-state index contributed by atoms with van der Waals surface area (Å²) < 4.78 is 53.4. The number of benzene rings is 2. The van der Waals surface area contributed by atoms with Gasteiger partial charge in [0.15, 0.2) is 4.90 Å². The fourth-order valence-corrected chi connectivity index (χ4v) is 2.97. The van der Waals surface area contributed by atoms with Crippen molar-refractivity contribution in [3.8, 4) is 0 Å². The van der Waals surface area contributed by atoms with Gasteiger partial charge in [-0.1, -0.05) is 24.3 Å². The van der Waals surface area contributed by atoms with E-state index in [1.807, 2.05) is 0 Å². The van der Waals surface area contributed by atoms with E-state index in [-0.39, 0.29) is 12.2 Å². The van der Waals surface area contributed by atoms with E-state index >= 15 is 0 Å². The van der Waals surface area contributed by atoms with E-state index in [4.69, 9.17) is 5.73 Å². The molecule has 2 aromatic rings. The number of rotatable bonds is 4. The fraction of sp³-hybridized carbons (Fsp3) is 0.0769. The Hall–Kier alpha value is -1.99. The molecule has 2 aromatic carbocycles. The molecule has 20 heavy (non-hydrogen) atoms. The Labute approximate surface area is 115 Å². The first-order valence-electron chi connectivity index (χ1n) is 5.70. The smallest absolute Gasteiger partial charge is 0.267 e. The molecule has 3 N–H and O–H groups in total. The summed E-state index contributed by atoms with van der Waals surface area (Å²) in [6.07, 6.45) is 0. The van der Waals surface area contributed by atoms with Crippen LogP contribution in [0.15, 0.2) is 47.4 Å². The van der Waals surface area contributed by atoms with E-state index < -0.39 is 26.6 Å². The first kappa shape index (κ1) is 14.4. The molecule has 7 heteroatoms. The average Bonchev–Trinajstić information content (AvgIpc) is 2.38. The van der Waals surface area contributed by atoms with Crippen LogP contribution in [0.25, 0.3) is 0 Å². The van der Waals surface area contributed by atoms with Crippen molar-refractivity contribution in [1.82, 2.24) is 0 Å². The zero-order valence-corrected chi connectivity index (χ0v) is 11.1. The van der Waals surface area contributed by atoms with Crippen molar-refractivity contribution in [3.05, 3.63) is 59.7 Å². The summed E-state index contributed by atoms with van der Waals surface area (Å²) in [5.74, 6) is -2.30. The van der Waals surface area contributed by atoms with Gasteiger partial charge in [0.25, 0.3) is 10.0 Å². The zero-order valence-electron chi connectivity index (χ0n) is 10.3. The van der Waals surface area contributed by atoms with Gasteiger partial charge >= 0.3 is 0 Å². The molecule has 0 saturated carbocycles. The average molecular weight is 298 g/mol. The Morgan fingerprint density at radius 2 is 1.60 bits per heavy atom. The molecule has 0 unspecified atom stereocenters. The van der Waals surface area contributed by atoms with Gasteiger partial charge in [-0.05, 0) is 23.8 Å². The molecule has 0 radical (unpaired) electrons. The van der Waals surface area contributed by atoms with Gasteiger partial charge in [-0.2, -0.15) is 0 Å². The maximum absolute atomic E-state index is 13.5. The van der Waals surface area contributed by atoms with Crippen molar-refractivity contribution >= 4 is 15.7 Å². The highest BCUT2D eigenvalue weighted by atomic mass is 32.2. The molecule has 106 valence electrons. The van der Waals surface area contributed by atoms with Crippen LogP contribution in [0, 0.1) is 11.6 Å². The molecule has 0 aliphatic carbocycles. The highest BCUT2D eigenvalue weighted by Crippen LogP contribution is 2.23. The molecule has 4 nitrogen and oxygen atoms in total. The van der Waals surface area contributed by atoms with Crippen LogP contribution in [-0.2, 0) is 16.6 Å². The number of halogens is 2. The minimum Gasteiger partial charge on any atom is -0.326 e. The number of nitrogens with one attached hydrogen (secondary N) is 1. The molecule has 0 saturated heterocycles. The summed E-state index contributed by atoms with van der Waals surface area (Å²) in [6.45, 7) is 0.0957. The van der Waals surface area contributed by atoms with Gasteiger partial charge in [0, 0.05) is 6.54 Å². The van der Waals surface area contributed by atoms with Gasteiger partial charge in [-0.15, -0.1) is 0 Å². The van der Waals surface area contributed by atoms with E-state index in [1.54, 1.807) is 18.2 Å². The molecular weight excluding hydrogens is 286 g/mol. The highest BCUT2D eigenvalue weighted by Gasteiger charge is 2.24. The number of para-hydroxylation sites is 1. The van der Waals surface area contributed by atoms with Gasteiger partial charge in [0.1, 0.15) is 11.6 Å². The Balaban J connectivity index is 2.47. The molecule has 0 aliphatic heterocycles. The van der Waals surface area contributed by atoms with Crippen LogP contribution in [0.3, 0.4) is 0 Å². The summed E-state index contributed by atoms with van der Waals surface area (Å²) in [5, 5.41) is 0. The lowest BCUT2D eigenvalue weighted by atomic mass is 10.2. The topological polar surface area (TPSA) is 72.2 Å². The first-order chi connectivity index (χ1) is 9.45. The number of sulfonamides is 1. The third-order valence-electron chi connectivity index (χ3n) is 2.67. The molecule has 0 atom stereocenters. The van der Waals surface area contributed by atoms with Crippen molar-refractivity contribution in [3.63, 3.8) is 0 Å². The number of hydrogen-bond acceptors (Lipinski definition) is 3. The van der Waals surface area contributed by atoms with Crippen molar-refractivity contribution in [2.24, 2.45) is 5.73 Å². The summed E-state index contributed by atoms with van der Waals surface area (Å²) in [4.78, 5) is -1.01. The minimum absolute atomic E-state index is 0.0957. The SMILES string of the molecule is NCc1ccccc1NS(=O)(=O)c1c(F)cccc1F. The second-order valence-electron chi connectivity index (χ2n) is 4.02. The number of hydrogen-bond donors (Lipinski definition) is 2. The van der Waals surface area contributed by atoms with E-state index in [0.717, 1.165) is 18.2 Å². The van der Waals surface area contributed by atoms with Crippen LogP contribution in [0.2, 0.25) is 0 Å². The number of nitrogens with two attached hydrogens (primary N) is 1. The minimum atomic E-state index is -4.36. The van der Waals surface area contributed by atoms with Crippen molar-refractivity contribution in [2.75, 3.05) is 4.72 Å². The van der Waals surface area contributed by atoms with Crippen molar-refractivity contribution in [1.29, 1.82) is 0 Å². The third-order valence-corrected chi connectivity index (χ3v) is 4.09. The quantitative estimate of drug-likeness (QED) is 0.909. The van der Waals surface area contributed by atoms with Crippen LogP contribution in [0.1, 0.15) is 5.56 Å². The van der Waals surface area contributed by atoms with Crippen LogP contribution >= 0.6 is 0 Å². The van der Waals surface area contributed by atoms with Gasteiger partial charge < -0.3 is 5.73 Å². The summed E-state index contributed by atoms with van der Waals surface area (Å²) >= 11 is 0. The Kier molecular flexibility index (Phi) is 4.01. The summed E-state index contributed by atoms with van der Waals surface area (Å²) in [6, 6.07) is 9.23. The maximum Gasteiger partial charge on any atom is 0.267 e. The normalized spacial score (nSPS) is 11.3. The van der Waals surface area contributed by atoms with E-state index in [9.17, 15) is 17.2 Å². The molecule has 0 aliphatic rings. The lowest BCUT2D eigenvalue weighted by molar-refractivity contribution is 0.521. The molecule has 0 heterocycles. The fourth-order valence-electron chi connectivity index (χ4n) is 1.73. The molecular formula is C13H12F2N2O2S. The molecule has 0 fully saturated rings. The Bertz CT molecular complexity index is 713.